The molecule has 0 saturated heterocycles. The van der Waals surface area contributed by atoms with Gasteiger partial charge in [-0.2, -0.15) is 0 Å². The Bertz CT molecular complexity index is 1030. The summed E-state index contributed by atoms with van der Waals surface area (Å²) in [6, 6.07) is 24.5. The van der Waals surface area contributed by atoms with Crippen molar-refractivity contribution in [3.63, 3.8) is 0 Å². The molecule has 3 aromatic rings. The van der Waals surface area contributed by atoms with Gasteiger partial charge in [-0.1, -0.05) is 84.9 Å². The minimum absolute atomic E-state index is 0.0311. The van der Waals surface area contributed by atoms with E-state index in [-0.39, 0.29) is 21.6 Å². The van der Waals surface area contributed by atoms with Crippen LogP contribution in [0.1, 0.15) is 31.8 Å². The van der Waals surface area contributed by atoms with Gasteiger partial charge in [0.05, 0.1) is 10.1 Å². The number of allylic oxidation sites excluding steroid dienone is 1. The fourth-order valence-corrected chi connectivity index (χ4v) is 4.16. The standard InChI is InChI=1S/C23H15BrO3/c24-20-19(21(25)17-13-7-8-14-18(17)22(20)26)23(27,15-9-3-1-4-10-15)16-11-5-2-6-12-16/h1-14,27H. The molecule has 0 saturated carbocycles. The van der Waals surface area contributed by atoms with E-state index in [2.05, 4.69) is 15.9 Å². The van der Waals surface area contributed by atoms with Crippen molar-refractivity contribution in [1.29, 1.82) is 0 Å². The van der Waals surface area contributed by atoms with Gasteiger partial charge in [-0.05, 0) is 27.1 Å². The van der Waals surface area contributed by atoms with Crippen molar-refractivity contribution >= 4 is 27.5 Å². The van der Waals surface area contributed by atoms with Gasteiger partial charge in [0.15, 0.2) is 5.78 Å². The van der Waals surface area contributed by atoms with Gasteiger partial charge in [-0.25, -0.2) is 0 Å². The zero-order valence-corrected chi connectivity index (χ0v) is 15.8. The lowest BCUT2D eigenvalue weighted by molar-refractivity contribution is 0.0835. The van der Waals surface area contributed by atoms with Crippen LogP contribution < -0.4 is 0 Å². The number of carbonyl (C=O) groups is 2. The second kappa shape index (κ2) is 6.72. The second-order valence-electron chi connectivity index (χ2n) is 6.34. The predicted molar refractivity (Wildman–Crippen MR) is 107 cm³/mol. The molecule has 4 heteroatoms. The summed E-state index contributed by atoms with van der Waals surface area (Å²) in [5.41, 5.74) is -0.0645. The summed E-state index contributed by atoms with van der Waals surface area (Å²) in [5.74, 6) is -0.683. The Morgan fingerprint density at radius 2 is 1.04 bits per heavy atom. The molecule has 1 aliphatic rings. The van der Waals surface area contributed by atoms with Crippen molar-refractivity contribution < 1.29 is 14.7 Å². The fraction of sp³-hybridized carbons (Fsp3) is 0.0435. The van der Waals surface area contributed by atoms with E-state index in [1.54, 1.807) is 72.8 Å². The van der Waals surface area contributed by atoms with Crippen LogP contribution in [-0.4, -0.2) is 16.7 Å². The van der Waals surface area contributed by atoms with Crippen LogP contribution in [0, 0.1) is 0 Å². The Morgan fingerprint density at radius 3 is 1.52 bits per heavy atom. The highest BCUT2D eigenvalue weighted by atomic mass is 79.9. The molecule has 0 unspecified atom stereocenters. The van der Waals surface area contributed by atoms with E-state index in [1.165, 1.54) is 0 Å². The molecule has 27 heavy (non-hydrogen) atoms. The molecular formula is C23H15BrO3. The molecule has 0 atom stereocenters. The number of aliphatic hydroxyl groups is 1. The fourth-order valence-electron chi connectivity index (χ4n) is 3.48. The molecule has 1 aliphatic carbocycles. The monoisotopic (exact) mass is 418 g/mol. The van der Waals surface area contributed by atoms with Crippen LogP contribution in [0.25, 0.3) is 0 Å². The lowest BCUT2D eigenvalue weighted by Gasteiger charge is -2.34. The highest BCUT2D eigenvalue weighted by Gasteiger charge is 2.45. The largest absolute Gasteiger partial charge is 0.376 e. The first-order chi connectivity index (χ1) is 13.0. The van der Waals surface area contributed by atoms with Crippen molar-refractivity contribution in [1.82, 2.24) is 0 Å². The number of Topliss-reactive ketones (excluding diaryl/α,β-unsaturated/α-hetero) is 2. The Hall–Kier alpha value is -2.82. The molecule has 0 radical (unpaired) electrons. The number of hydrogen-bond donors (Lipinski definition) is 1. The van der Waals surface area contributed by atoms with Crippen molar-refractivity contribution in [3.8, 4) is 0 Å². The minimum Gasteiger partial charge on any atom is -0.376 e. The summed E-state index contributed by atoms with van der Waals surface area (Å²) >= 11 is 3.31. The van der Waals surface area contributed by atoms with E-state index in [4.69, 9.17) is 0 Å². The van der Waals surface area contributed by atoms with Crippen molar-refractivity contribution in [2.24, 2.45) is 0 Å². The van der Waals surface area contributed by atoms with Gasteiger partial charge in [-0.15, -0.1) is 0 Å². The molecule has 0 heterocycles. The maximum absolute atomic E-state index is 13.4. The van der Waals surface area contributed by atoms with Gasteiger partial charge < -0.3 is 5.11 Å². The van der Waals surface area contributed by atoms with Crippen LogP contribution in [0.4, 0.5) is 0 Å². The van der Waals surface area contributed by atoms with Crippen molar-refractivity contribution in [3.05, 3.63) is 117 Å². The number of carbonyl (C=O) groups excluding carboxylic acids is 2. The zero-order chi connectivity index (χ0) is 19.0. The molecule has 3 nitrogen and oxygen atoms in total. The maximum atomic E-state index is 13.4. The lowest BCUT2D eigenvalue weighted by atomic mass is 9.74. The Morgan fingerprint density at radius 1 is 0.630 bits per heavy atom. The highest BCUT2D eigenvalue weighted by molar-refractivity contribution is 9.12. The van der Waals surface area contributed by atoms with Gasteiger partial charge in [0.2, 0.25) is 5.78 Å². The van der Waals surface area contributed by atoms with E-state index in [1.807, 2.05) is 12.1 Å². The smallest absolute Gasteiger partial charge is 0.201 e. The molecule has 4 rings (SSSR count). The average molecular weight is 419 g/mol. The predicted octanol–water partition coefficient (Wildman–Crippen LogP) is 4.65. The molecule has 0 spiro atoms. The van der Waals surface area contributed by atoms with Gasteiger partial charge in [0, 0.05) is 11.1 Å². The number of fused-ring (bicyclic) bond motifs is 1. The zero-order valence-electron chi connectivity index (χ0n) is 14.2. The first-order valence-electron chi connectivity index (χ1n) is 8.47. The summed E-state index contributed by atoms with van der Waals surface area (Å²) < 4.78 is 0.0846. The topological polar surface area (TPSA) is 54.4 Å². The summed E-state index contributed by atoms with van der Waals surface area (Å²) in [6.45, 7) is 0. The molecular weight excluding hydrogens is 404 g/mol. The van der Waals surface area contributed by atoms with Crippen molar-refractivity contribution in [2.75, 3.05) is 0 Å². The second-order valence-corrected chi connectivity index (χ2v) is 7.13. The number of rotatable bonds is 3. The third-order valence-electron chi connectivity index (χ3n) is 4.81. The Balaban J connectivity index is 2.04. The molecule has 0 amide bonds. The Kier molecular flexibility index (Phi) is 4.38. The number of ketones is 2. The van der Waals surface area contributed by atoms with Crippen LogP contribution in [0.5, 0.6) is 0 Å². The molecule has 3 aromatic carbocycles. The first-order valence-corrected chi connectivity index (χ1v) is 9.26. The van der Waals surface area contributed by atoms with Gasteiger partial charge in [-0.3, -0.25) is 9.59 Å². The first kappa shape index (κ1) is 17.6. The quantitative estimate of drug-likeness (QED) is 0.673. The number of hydrogen-bond acceptors (Lipinski definition) is 3. The summed E-state index contributed by atoms with van der Waals surface area (Å²) in [7, 11) is 0. The summed E-state index contributed by atoms with van der Waals surface area (Å²) in [5, 5.41) is 11.9. The lowest BCUT2D eigenvalue weighted by Crippen LogP contribution is -2.37. The third kappa shape index (κ3) is 2.69. The average Bonchev–Trinajstić information content (AvgIpc) is 2.73. The minimum atomic E-state index is -1.76. The van der Waals surface area contributed by atoms with Crippen LogP contribution in [0.2, 0.25) is 0 Å². The van der Waals surface area contributed by atoms with E-state index >= 15 is 0 Å². The van der Waals surface area contributed by atoms with E-state index in [0.717, 1.165) is 0 Å². The number of benzene rings is 3. The van der Waals surface area contributed by atoms with Gasteiger partial charge in [0.25, 0.3) is 0 Å². The van der Waals surface area contributed by atoms with Crippen LogP contribution in [-0.2, 0) is 5.60 Å². The molecule has 0 bridgehead atoms. The summed E-state index contributed by atoms with van der Waals surface area (Å²) in [4.78, 5) is 26.3. The van der Waals surface area contributed by atoms with Gasteiger partial charge in [0.1, 0.15) is 5.60 Å². The number of halogens is 1. The molecule has 132 valence electrons. The van der Waals surface area contributed by atoms with Crippen LogP contribution in [0.15, 0.2) is 95.0 Å². The third-order valence-corrected chi connectivity index (χ3v) is 5.56. The van der Waals surface area contributed by atoms with Crippen molar-refractivity contribution in [2.45, 2.75) is 5.60 Å². The SMILES string of the molecule is O=C1C(Br)=C(C(O)(c2ccccc2)c2ccccc2)C(=O)c2ccccc21. The normalized spacial score (nSPS) is 14.3. The molecule has 1 N–H and O–H groups in total. The van der Waals surface area contributed by atoms with Crippen LogP contribution in [0.3, 0.4) is 0 Å². The highest BCUT2D eigenvalue weighted by Crippen LogP contribution is 2.44. The molecule has 0 fully saturated rings. The van der Waals surface area contributed by atoms with Crippen LogP contribution >= 0.6 is 15.9 Å². The van der Waals surface area contributed by atoms with Gasteiger partial charge >= 0.3 is 0 Å². The maximum Gasteiger partial charge on any atom is 0.201 e. The van der Waals surface area contributed by atoms with E-state index < -0.39 is 5.60 Å². The summed E-state index contributed by atoms with van der Waals surface area (Å²) in [6.07, 6.45) is 0. The molecule has 0 aliphatic heterocycles. The van der Waals surface area contributed by atoms with E-state index in [0.29, 0.717) is 22.3 Å². The Labute approximate surface area is 165 Å². The molecule has 0 aromatic heterocycles. The van der Waals surface area contributed by atoms with E-state index in [9.17, 15) is 14.7 Å².